The highest BCUT2D eigenvalue weighted by Gasteiger charge is 2.07. The highest BCUT2D eigenvalue weighted by Crippen LogP contribution is 2.23. The van der Waals surface area contributed by atoms with Crippen LogP contribution < -0.4 is 5.43 Å². The molecule has 2 N–H and O–H groups in total. The summed E-state index contributed by atoms with van der Waals surface area (Å²) < 4.78 is 0. The number of amides is 1. The molecule has 0 aliphatic heterocycles. The van der Waals surface area contributed by atoms with Gasteiger partial charge in [0.05, 0.1) is 11.2 Å². The van der Waals surface area contributed by atoms with Crippen LogP contribution in [-0.4, -0.2) is 22.2 Å². The van der Waals surface area contributed by atoms with Crippen molar-refractivity contribution in [2.75, 3.05) is 0 Å². The molecule has 0 bridgehead atoms. The van der Waals surface area contributed by atoms with Gasteiger partial charge in [-0.05, 0) is 53.9 Å². The van der Waals surface area contributed by atoms with Crippen molar-refractivity contribution in [1.29, 1.82) is 0 Å². The van der Waals surface area contributed by atoms with E-state index in [-0.39, 0.29) is 10.8 Å². The van der Waals surface area contributed by atoms with Crippen molar-refractivity contribution in [3.8, 4) is 17.6 Å². The Labute approximate surface area is 161 Å². The molecular weight excluding hydrogens is 362 g/mol. The average molecular weight is 376 g/mol. The van der Waals surface area contributed by atoms with Gasteiger partial charge in [0.2, 0.25) is 0 Å². The molecule has 3 aromatic rings. The second-order valence-electron chi connectivity index (χ2n) is 5.46. The topological polar surface area (TPSA) is 74.6 Å². The Morgan fingerprint density at radius 1 is 1.11 bits per heavy atom. The molecule has 0 atom stereocenters. The number of pyridine rings is 1. The Bertz CT molecular complexity index is 1050. The summed E-state index contributed by atoms with van der Waals surface area (Å²) in [6.45, 7) is 0. The second kappa shape index (κ2) is 8.65. The van der Waals surface area contributed by atoms with E-state index in [0.29, 0.717) is 11.3 Å². The molecule has 1 aromatic heterocycles. The van der Waals surface area contributed by atoms with Crippen molar-refractivity contribution in [1.82, 2.24) is 10.4 Å². The summed E-state index contributed by atoms with van der Waals surface area (Å²) in [5.41, 5.74) is 4.99. The molecule has 0 aliphatic rings. The number of aromatic hydroxyl groups is 1. The van der Waals surface area contributed by atoms with E-state index in [4.69, 9.17) is 11.6 Å². The molecule has 1 amide bonds. The highest BCUT2D eigenvalue weighted by atomic mass is 35.5. The minimum absolute atomic E-state index is 0.0830. The van der Waals surface area contributed by atoms with E-state index >= 15 is 0 Å². The normalized spacial score (nSPS) is 10.3. The maximum atomic E-state index is 12.0. The number of aromatic nitrogens is 1. The van der Waals surface area contributed by atoms with Crippen LogP contribution in [0.1, 0.15) is 27.2 Å². The molecule has 132 valence electrons. The summed E-state index contributed by atoms with van der Waals surface area (Å²) in [6, 6.07) is 17.2. The first-order chi connectivity index (χ1) is 13.1. The minimum Gasteiger partial charge on any atom is -0.506 e. The molecular formula is C21H14ClN3O2. The van der Waals surface area contributed by atoms with Crippen LogP contribution in [0, 0.1) is 11.8 Å². The van der Waals surface area contributed by atoms with Gasteiger partial charge in [-0.1, -0.05) is 35.7 Å². The third-order valence-electron chi connectivity index (χ3n) is 3.48. The van der Waals surface area contributed by atoms with Gasteiger partial charge in [0.15, 0.2) is 0 Å². The van der Waals surface area contributed by atoms with E-state index in [1.54, 1.807) is 6.20 Å². The first-order valence-electron chi connectivity index (χ1n) is 7.97. The van der Waals surface area contributed by atoms with Crippen LogP contribution in [0.4, 0.5) is 0 Å². The summed E-state index contributed by atoms with van der Waals surface area (Å²) in [7, 11) is 0. The van der Waals surface area contributed by atoms with E-state index in [0.717, 1.165) is 11.1 Å². The van der Waals surface area contributed by atoms with Gasteiger partial charge in [0, 0.05) is 17.3 Å². The predicted octanol–water partition coefficient (Wildman–Crippen LogP) is 3.60. The number of phenolic OH excluding ortho intramolecular Hbond substituents is 1. The second-order valence-corrected chi connectivity index (χ2v) is 5.86. The fraction of sp³-hybridized carbons (Fsp3) is 0. The molecule has 5 nitrogen and oxygen atoms in total. The van der Waals surface area contributed by atoms with Gasteiger partial charge in [-0.2, -0.15) is 5.10 Å². The molecule has 1 heterocycles. The van der Waals surface area contributed by atoms with Gasteiger partial charge in [-0.25, -0.2) is 10.4 Å². The first kappa shape index (κ1) is 18.2. The smallest absolute Gasteiger partial charge is 0.271 e. The lowest BCUT2D eigenvalue weighted by Gasteiger charge is -2.02. The summed E-state index contributed by atoms with van der Waals surface area (Å²) in [4.78, 5) is 16.2. The van der Waals surface area contributed by atoms with E-state index in [9.17, 15) is 9.90 Å². The van der Waals surface area contributed by atoms with Crippen molar-refractivity contribution in [3.63, 3.8) is 0 Å². The lowest BCUT2D eigenvalue weighted by molar-refractivity contribution is 0.0955. The largest absolute Gasteiger partial charge is 0.506 e. The number of phenols is 1. The maximum Gasteiger partial charge on any atom is 0.271 e. The molecule has 0 saturated heterocycles. The zero-order valence-electron chi connectivity index (χ0n) is 14.1. The van der Waals surface area contributed by atoms with Crippen molar-refractivity contribution in [2.45, 2.75) is 0 Å². The molecule has 27 heavy (non-hydrogen) atoms. The van der Waals surface area contributed by atoms with E-state index in [1.807, 2.05) is 42.5 Å². The molecule has 0 unspecified atom stereocenters. The number of rotatable bonds is 3. The van der Waals surface area contributed by atoms with Crippen LogP contribution >= 0.6 is 11.6 Å². The summed E-state index contributed by atoms with van der Waals surface area (Å²) in [5.74, 6) is 5.51. The van der Waals surface area contributed by atoms with Gasteiger partial charge < -0.3 is 5.11 Å². The van der Waals surface area contributed by atoms with Crippen molar-refractivity contribution >= 4 is 23.7 Å². The predicted molar refractivity (Wildman–Crippen MR) is 105 cm³/mol. The highest BCUT2D eigenvalue weighted by molar-refractivity contribution is 6.32. The van der Waals surface area contributed by atoms with Crippen LogP contribution in [0.3, 0.4) is 0 Å². The molecule has 0 aliphatic carbocycles. The molecule has 0 spiro atoms. The Morgan fingerprint density at radius 3 is 2.78 bits per heavy atom. The monoisotopic (exact) mass is 375 g/mol. The minimum atomic E-state index is -0.431. The Kier molecular flexibility index (Phi) is 5.83. The van der Waals surface area contributed by atoms with Crippen LogP contribution in [0.15, 0.2) is 72.0 Å². The third kappa shape index (κ3) is 5.18. The maximum absolute atomic E-state index is 12.0. The van der Waals surface area contributed by atoms with Gasteiger partial charge in [0.1, 0.15) is 11.4 Å². The summed E-state index contributed by atoms with van der Waals surface area (Å²) in [6.07, 6.45) is 3.21. The molecule has 6 heteroatoms. The van der Waals surface area contributed by atoms with E-state index in [2.05, 4.69) is 27.4 Å². The van der Waals surface area contributed by atoms with Crippen molar-refractivity contribution < 1.29 is 9.90 Å². The number of carbonyl (C=O) groups is 1. The van der Waals surface area contributed by atoms with E-state index < -0.39 is 5.91 Å². The quantitative estimate of drug-likeness (QED) is 0.417. The SMILES string of the molecule is O=C(NN=Cc1cccc(C#Cc2ccccn2)c1)c1ccc(O)c(Cl)c1. The molecule has 0 saturated carbocycles. The van der Waals surface area contributed by atoms with Gasteiger partial charge in [0.25, 0.3) is 5.91 Å². The number of hydrogen-bond acceptors (Lipinski definition) is 4. The summed E-state index contributed by atoms with van der Waals surface area (Å²) >= 11 is 5.79. The molecule has 0 radical (unpaired) electrons. The number of nitrogens with one attached hydrogen (secondary N) is 1. The molecule has 3 rings (SSSR count). The average Bonchev–Trinajstić information content (AvgIpc) is 2.69. The molecule has 2 aromatic carbocycles. The van der Waals surface area contributed by atoms with Gasteiger partial charge >= 0.3 is 0 Å². The summed E-state index contributed by atoms with van der Waals surface area (Å²) in [5, 5.41) is 13.4. The number of carbonyl (C=O) groups excluding carboxylic acids is 1. The number of halogens is 1. The number of benzene rings is 2. The lowest BCUT2D eigenvalue weighted by atomic mass is 10.1. The number of hydrazone groups is 1. The van der Waals surface area contributed by atoms with Gasteiger partial charge in [-0.15, -0.1) is 0 Å². The zero-order valence-corrected chi connectivity index (χ0v) is 14.8. The Morgan fingerprint density at radius 2 is 2.00 bits per heavy atom. The van der Waals surface area contributed by atoms with Crippen molar-refractivity contribution in [2.24, 2.45) is 5.10 Å². The van der Waals surface area contributed by atoms with Gasteiger partial charge in [-0.3, -0.25) is 4.79 Å². The lowest BCUT2D eigenvalue weighted by Crippen LogP contribution is -2.17. The Hall–Kier alpha value is -3.62. The van der Waals surface area contributed by atoms with Crippen LogP contribution in [0.25, 0.3) is 0 Å². The van der Waals surface area contributed by atoms with E-state index in [1.165, 1.54) is 24.4 Å². The number of nitrogens with zero attached hydrogens (tertiary/aromatic N) is 2. The van der Waals surface area contributed by atoms with Crippen LogP contribution in [-0.2, 0) is 0 Å². The first-order valence-corrected chi connectivity index (χ1v) is 8.35. The fourth-order valence-electron chi connectivity index (χ4n) is 2.15. The fourth-order valence-corrected chi connectivity index (χ4v) is 2.33. The number of hydrogen-bond donors (Lipinski definition) is 2. The Balaban J connectivity index is 1.66. The van der Waals surface area contributed by atoms with Crippen LogP contribution in [0.5, 0.6) is 5.75 Å². The standard InChI is InChI=1S/C21H14ClN3O2/c22-19-13-17(8-10-20(19)26)21(27)25-24-14-16-5-3-4-15(12-16)7-9-18-6-1-2-11-23-18/h1-6,8,10-14,26H,(H,25,27). The zero-order chi connectivity index (χ0) is 19.1. The van der Waals surface area contributed by atoms with Crippen molar-refractivity contribution in [3.05, 3.63) is 94.3 Å². The molecule has 0 fully saturated rings. The third-order valence-corrected chi connectivity index (χ3v) is 3.78. The van der Waals surface area contributed by atoms with Crippen LogP contribution in [0.2, 0.25) is 5.02 Å².